The lowest BCUT2D eigenvalue weighted by Crippen LogP contribution is -2.30. The number of guanidine groups is 1. The Kier molecular flexibility index (Phi) is 2.67. The smallest absolute Gasteiger partial charge is 0.355 e. The standard InChI is InChI=1S/C11H9BrN4O3/c12-6-3-5-4(7-9(17)16-11(13)15-7)1-2-19-10(18)8(5)14-6/h3,14H,1-2H2,(H3,13,15,16,17). The Labute approximate surface area is 116 Å². The van der Waals surface area contributed by atoms with Crippen LogP contribution in [0.4, 0.5) is 0 Å². The Hall–Kier alpha value is -2.09. The number of halogens is 1. The van der Waals surface area contributed by atoms with E-state index in [2.05, 4.69) is 31.2 Å². The van der Waals surface area contributed by atoms with Crippen molar-refractivity contribution in [1.82, 2.24) is 10.3 Å². The zero-order valence-electron chi connectivity index (χ0n) is 9.62. The van der Waals surface area contributed by atoms with E-state index in [1.54, 1.807) is 6.07 Å². The highest BCUT2D eigenvalue weighted by molar-refractivity contribution is 9.10. The molecule has 4 N–H and O–H groups in total. The Bertz CT molecular complexity index is 659. The molecule has 1 aromatic rings. The summed E-state index contributed by atoms with van der Waals surface area (Å²) in [5, 5.41) is 2.42. The molecule has 0 saturated carbocycles. The minimum Gasteiger partial charge on any atom is -0.461 e. The number of aromatic amines is 1. The number of hydrogen-bond acceptors (Lipinski definition) is 5. The van der Waals surface area contributed by atoms with Crippen LogP contribution in [-0.2, 0) is 9.53 Å². The maximum absolute atomic E-state index is 11.8. The summed E-state index contributed by atoms with van der Waals surface area (Å²) >= 11 is 3.26. The maximum atomic E-state index is 11.8. The third-order valence-corrected chi connectivity index (χ3v) is 3.30. The van der Waals surface area contributed by atoms with Crippen molar-refractivity contribution in [2.24, 2.45) is 10.7 Å². The second kappa shape index (κ2) is 4.23. The first-order chi connectivity index (χ1) is 9.06. The molecule has 8 heteroatoms. The van der Waals surface area contributed by atoms with Gasteiger partial charge in [0.15, 0.2) is 0 Å². The second-order valence-corrected chi connectivity index (χ2v) is 4.92. The van der Waals surface area contributed by atoms with E-state index < -0.39 is 5.97 Å². The normalized spacial score (nSPS) is 22.5. The number of rotatable bonds is 0. The molecule has 0 atom stereocenters. The van der Waals surface area contributed by atoms with Crippen molar-refractivity contribution in [2.45, 2.75) is 6.42 Å². The number of carbonyl (C=O) groups is 2. The van der Waals surface area contributed by atoms with Gasteiger partial charge in [-0.25, -0.2) is 9.79 Å². The Morgan fingerprint density at radius 2 is 2.21 bits per heavy atom. The molecule has 0 unspecified atom stereocenters. The number of carbonyl (C=O) groups excluding carboxylic acids is 2. The number of aromatic nitrogens is 1. The molecule has 3 heterocycles. The topological polar surface area (TPSA) is 110 Å². The predicted molar refractivity (Wildman–Crippen MR) is 70.1 cm³/mol. The summed E-state index contributed by atoms with van der Waals surface area (Å²) < 4.78 is 5.69. The van der Waals surface area contributed by atoms with Crippen molar-refractivity contribution >= 4 is 39.3 Å². The zero-order chi connectivity index (χ0) is 13.6. The summed E-state index contributed by atoms with van der Waals surface area (Å²) in [4.78, 5) is 30.4. The third-order valence-electron chi connectivity index (χ3n) is 2.87. The lowest BCUT2D eigenvalue weighted by Gasteiger charge is -2.03. The summed E-state index contributed by atoms with van der Waals surface area (Å²) in [5.41, 5.74) is 7.26. The fraction of sp³-hybridized carbons (Fsp3) is 0.182. The van der Waals surface area contributed by atoms with Crippen LogP contribution in [0.3, 0.4) is 0 Å². The Morgan fingerprint density at radius 1 is 1.42 bits per heavy atom. The molecular formula is C11H9BrN4O3. The largest absolute Gasteiger partial charge is 0.461 e. The molecule has 0 bridgehead atoms. The van der Waals surface area contributed by atoms with Crippen LogP contribution in [0.25, 0.3) is 5.57 Å². The minimum atomic E-state index is -0.452. The number of amides is 1. The van der Waals surface area contributed by atoms with E-state index >= 15 is 0 Å². The van der Waals surface area contributed by atoms with Gasteiger partial charge in [-0.3, -0.25) is 10.1 Å². The molecule has 1 aromatic heterocycles. The van der Waals surface area contributed by atoms with Crippen molar-refractivity contribution in [3.8, 4) is 0 Å². The Morgan fingerprint density at radius 3 is 2.89 bits per heavy atom. The van der Waals surface area contributed by atoms with Crippen molar-refractivity contribution in [1.29, 1.82) is 0 Å². The number of cyclic esters (lactones) is 1. The van der Waals surface area contributed by atoms with E-state index in [0.717, 1.165) is 0 Å². The highest BCUT2D eigenvalue weighted by Crippen LogP contribution is 2.32. The quantitative estimate of drug-likeness (QED) is 0.476. The van der Waals surface area contributed by atoms with E-state index in [-0.39, 0.29) is 24.2 Å². The number of hydrogen-bond donors (Lipinski definition) is 3. The average Bonchev–Trinajstić information content (AvgIpc) is 2.84. The first-order valence-corrected chi connectivity index (χ1v) is 6.30. The van der Waals surface area contributed by atoms with Crippen molar-refractivity contribution < 1.29 is 14.3 Å². The summed E-state index contributed by atoms with van der Waals surface area (Å²) in [7, 11) is 0. The van der Waals surface area contributed by atoms with Gasteiger partial charge in [0.2, 0.25) is 5.96 Å². The molecule has 1 amide bonds. The van der Waals surface area contributed by atoms with Gasteiger partial charge in [-0.2, -0.15) is 0 Å². The molecule has 19 heavy (non-hydrogen) atoms. The molecule has 2 aliphatic rings. The van der Waals surface area contributed by atoms with Gasteiger partial charge in [-0.05, 0) is 27.6 Å². The van der Waals surface area contributed by atoms with Gasteiger partial charge in [-0.15, -0.1) is 0 Å². The Balaban J connectivity index is 2.22. The third kappa shape index (κ3) is 1.93. The number of H-pyrrole nitrogens is 1. The molecule has 0 aliphatic carbocycles. The first kappa shape index (κ1) is 12.0. The molecule has 3 rings (SSSR count). The molecule has 0 aromatic carbocycles. The molecule has 7 nitrogen and oxygen atoms in total. The maximum Gasteiger partial charge on any atom is 0.355 e. The first-order valence-electron chi connectivity index (χ1n) is 5.51. The second-order valence-electron chi connectivity index (χ2n) is 4.07. The molecule has 0 spiro atoms. The molecule has 2 aliphatic heterocycles. The van der Waals surface area contributed by atoms with E-state index in [1.165, 1.54) is 0 Å². The lowest BCUT2D eigenvalue weighted by molar-refractivity contribution is -0.115. The van der Waals surface area contributed by atoms with Crippen LogP contribution in [0.1, 0.15) is 22.5 Å². The van der Waals surface area contributed by atoms with Crippen LogP contribution in [-0.4, -0.2) is 29.4 Å². The minimum absolute atomic E-state index is 0.0557. The summed E-state index contributed by atoms with van der Waals surface area (Å²) in [6.07, 6.45) is 0.405. The van der Waals surface area contributed by atoms with E-state index in [4.69, 9.17) is 10.5 Å². The molecule has 0 radical (unpaired) electrons. The van der Waals surface area contributed by atoms with Gasteiger partial charge in [0, 0.05) is 12.0 Å². The van der Waals surface area contributed by atoms with Gasteiger partial charge >= 0.3 is 5.97 Å². The van der Waals surface area contributed by atoms with Gasteiger partial charge in [0.25, 0.3) is 5.91 Å². The summed E-state index contributed by atoms with van der Waals surface area (Å²) in [6.45, 7) is 0.195. The fourth-order valence-corrected chi connectivity index (χ4v) is 2.53. The number of nitrogens with two attached hydrogens (primary N) is 1. The van der Waals surface area contributed by atoms with Gasteiger partial charge in [-0.1, -0.05) is 0 Å². The van der Waals surface area contributed by atoms with Crippen LogP contribution in [0.15, 0.2) is 21.4 Å². The molecule has 98 valence electrons. The van der Waals surface area contributed by atoms with Crippen molar-refractivity contribution in [2.75, 3.05) is 6.61 Å². The monoisotopic (exact) mass is 324 g/mol. The number of aliphatic imine (C=N–C) groups is 1. The highest BCUT2D eigenvalue weighted by atomic mass is 79.9. The van der Waals surface area contributed by atoms with Crippen molar-refractivity contribution in [3.63, 3.8) is 0 Å². The predicted octanol–water partition coefficient (Wildman–Crippen LogP) is 0.493. The zero-order valence-corrected chi connectivity index (χ0v) is 11.2. The molecular weight excluding hydrogens is 316 g/mol. The molecule has 0 saturated heterocycles. The number of fused-ring (bicyclic) bond motifs is 1. The summed E-state index contributed by atoms with van der Waals surface area (Å²) in [6, 6.07) is 1.72. The fourth-order valence-electron chi connectivity index (χ4n) is 2.10. The number of nitrogens with zero attached hydrogens (tertiary/aromatic N) is 1. The number of ether oxygens (including phenoxy) is 1. The molecule has 0 fully saturated rings. The summed E-state index contributed by atoms with van der Waals surface area (Å²) in [5.74, 6) is -0.767. The van der Waals surface area contributed by atoms with Crippen LogP contribution >= 0.6 is 15.9 Å². The SMILES string of the molecule is NC1=NC(=C2CCOC(=O)c3[nH]c(Br)cc32)C(=O)N1. The van der Waals surface area contributed by atoms with Crippen molar-refractivity contribution in [3.05, 3.63) is 27.6 Å². The van der Waals surface area contributed by atoms with E-state index in [1.807, 2.05) is 0 Å². The van der Waals surface area contributed by atoms with Crippen LogP contribution < -0.4 is 11.1 Å². The van der Waals surface area contributed by atoms with E-state index in [9.17, 15) is 9.59 Å². The van der Waals surface area contributed by atoms with Crippen LogP contribution in [0.5, 0.6) is 0 Å². The van der Waals surface area contributed by atoms with E-state index in [0.29, 0.717) is 27.9 Å². The van der Waals surface area contributed by atoms with Crippen LogP contribution in [0.2, 0.25) is 0 Å². The van der Waals surface area contributed by atoms with Gasteiger partial charge < -0.3 is 15.5 Å². The van der Waals surface area contributed by atoms with Gasteiger partial charge in [0.1, 0.15) is 11.4 Å². The number of esters is 1. The lowest BCUT2D eigenvalue weighted by atomic mass is 10.0. The highest BCUT2D eigenvalue weighted by Gasteiger charge is 2.29. The van der Waals surface area contributed by atoms with Crippen LogP contribution in [0, 0.1) is 0 Å². The number of nitrogens with one attached hydrogen (secondary N) is 2. The average molecular weight is 325 g/mol. The van der Waals surface area contributed by atoms with Gasteiger partial charge in [0.05, 0.1) is 11.2 Å².